The second-order valence-corrected chi connectivity index (χ2v) is 3.94. The number of aliphatic hydroxyl groups is 3. The molecule has 0 aromatic carbocycles. The van der Waals surface area contributed by atoms with E-state index in [1.165, 1.54) is 0 Å². The maximum Gasteiger partial charge on any atom is 0.325 e. The van der Waals surface area contributed by atoms with Crippen molar-refractivity contribution in [3.63, 3.8) is 0 Å². The van der Waals surface area contributed by atoms with Crippen molar-refractivity contribution in [3.05, 3.63) is 32.6 Å². The molecule has 5 N–H and O–H groups in total. The Labute approximate surface area is 98.7 Å². The van der Waals surface area contributed by atoms with Gasteiger partial charge in [0.25, 0.3) is 11.4 Å². The zero-order valence-corrected chi connectivity index (χ0v) is 8.96. The van der Waals surface area contributed by atoms with E-state index in [2.05, 4.69) is 4.98 Å². The standard InChI is InChI=1S/C9H11FN2O6/c10-9(17)5(14)4(2-13)18-6(9)3-1-11-8(16)12-7(3)15/h1,4-6,13-14,17H,2H2,(H2,11,12,15,16)/t4-,5-,6+,9-/m1/s1. The van der Waals surface area contributed by atoms with E-state index in [-0.39, 0.29) is 0 Å². The van der Waals surface area contributed by atoms with Crippen molar-refractivity contribution in [2.24, 2.45) is 0 Å². The van der Waals surface area contributed by atoms with Crippen LogP contribution in [0.3, 0.4) is 0 Å². The van der Waals surface area contributed by atoms with Gasteiger partial charge in [0.1, 0.15) is 12.2 Å². The zero-order valence-electron chi connectivity index (χ0n) is 8.96. The van der Waals surface area contributed by atoms with Crippen molar-refractivity contribution in [3.8, 4) is 0 Å². The average Bonchev–Trinajstić information content (AvgIpc) is 2.52. The average molecular weight is 262 g/mol. The lowest BCUT2D eigenvalue weighted by atomic mass is 10.0. The van der Waals surface area contributed by atoms with Gasteiger partial charge in [-0.3, -0.25) is 9.78 Å². The van der Waals surface area contributed by atoms with Gasteiger partial charge in [0, 0.05) is 6.20 Å². The number of nitrogens with one attached hydrogen (secondary N) is 2. The minimum atomic E-state index is -3.24. The molecule has 0 aliphatic carbocycles. The van der Waals surface area contributed by atoms with Crippen molar-refractivity contribution in [1.29, 1.82) is 0 Å². The Morgan fingerprint density at radius 3 is 2.67 bits per heavy atom. The summed E-state index contributed by atoms with van der Waals surface area (Å²) in [5, 5.41) is 27.7. The van der Waals surface area contributed by atoms with Crippen LogP contribution in [-0.4, -0.2) is 50.0 Å². The van der Waals surface area contributed by atoms with E-state index in [1.807, 2.05) is 4.98 Å². The van der Waals surface area contributed by atoms with E-state index in [4.69, 9.17) is 9.84 Å². The van der Waals surface area contributed by atoms with E-state index in [0.717, 1.165) is 6.20 Å². The van der Waals surface area contributed by atoms with Crippen LogP contribution in [0.15, 0.2) is 15.8 Å². The molecule has 1 saturated heterocycles. The SMILES string of the molecule is O=c1[nH]cc([C@@H]2O[C@H](CO)[C@@H](O)[C@]2(O)F)c(=O)[nH]1. The van der Waals surface area contributed by atoms with E-state index < -0.39 is 47.6 Å². The molecule has 0 unspecified atom stereocenters. The smallest absolute Gasteiger partial charge is 0.325 e. The molecular formula is C9H11FN2O6. The van der Waals surface area contributed by atoms with Crippen molar-refractivity contribution in [2.45, 2.75) is 24.2 Å². The van der Waals surface area contributed by atoms with E-state index >= 15 is 0 Å². The highest BCUT2D eigenvalue weighted by molar-refractivity contribution is 5.15. The number of hydrogen-bond acceptors (Lipinski definition) is 6. The summed E-state index contributed by atoms with van der Waals surface area (Å²) < 4.78 is 18.8. The predicted molar refractivity (Wildman–Crippen MR) is 54.4 cm³/mol. The Hall–Kier alpha value is -1.55. The molecule has 0 spiro atoms. The molecule has 0 radical (unpaired) electrons. The minimum Gasteiger partial charge on any atom is -0.394 e. The fourth-order valence-electron chi connectivity index (χ4n) is 1.81. The minimum absolute atomic E-state index is 0.394. The Morgan fingerprint density at radius 1 is 1.50 bits per heavy atom. The zero-order chi connectivity index (χ0) is 13.5. The molecule has 2 heterocycles. The number of ether oxygens (including phenoxy) is 1. The molecule has 1 aromatic heterocycles. The van der Waals surface area contributed by atoms with Crippen LogP contribution in [0.2, 0.25) is 0 Å². The number of aliphatic hydroxyl groups excluding tert-OH is 2. The quantitative estimate of drug-likeness (QED) is 0.400. The van der Waals surface area contributed by atoms with Crippen LogP contribution in [-0.2, 0) is 4.74 Å². The van der Waals surface area contributed by atoms with Gasteiger partial charge in [-0.25, -0.2) is 9.18 Å². The summed E-state index contributed by atoms with van der Waals surface area (Å²) in [6, 6.07) is 0. The van der Waals surface area contributed by atoms with Gasteiger partial charge in [-0.05, 0) is 0 Å². The maximum absolute atomic E-state index is 13.9. The topological polar surface area (TPSA) is 136 Å². The van der Waals surface area contributed by atoms with Gasteiger partial charge < -0.3 is 25.0 Å². The summed E-state index contributed by atoms with van der Waals surface area (Å²) in [5.74, 6) is -3.24. The summed E-state index contributed by atoms with van der Waals surface area (Å²) in [5.41, 5.74) is -2.15. The first-order valence-corrected chi connectivity index (χ1v) is 5.05. The third-order valence-corrected chi connectivity index (χ3v) is 2.76. The second-order valence-electron chi connectivity index (χ2n) is 3.94. The van der Waals surface area contributed by atoms with Crippen LogP contribution in [0.1, 0.15) is 11.7 Å². The first kappa shape index (κ1) is 12.9. The summed E-state index contributed by atoms with van der Waals surface area (Å²) in [4.78, 5) is 26.2. The summed E-state index contributed by atoms with van der Waals surface area (Å²) in [6.45, 7) is -0.731. The molecular weight excluding hydrogens is 251 g/mol. The third kappa shape index (κ3) is 1.86. The van der Waals surface area contributed by atoms with Gasteiger partial charge in [0.15, 0.2) is 6.10 Å². The molecule has 1 aliphatic rings. The summed E-state index contributed by atoms with van der Waals surface area (Å²) >= 11 is 0. The molecule has 9 heteroatoms. The van der Waals surface area contributed by atoms with Crippen LogP contribution >= 0.6 is 0 Å². The van der Waals surface area contributed by atoms with Crippen molar-refractivity contribution in [2.75, 3.05) is 6.61 Å². The highest BCUT2D eigenvalue weighted by Crippen LogP contribution is 2.41. The summed E-state index contributed by atoms with van der Waals surface area (Å²) in [7, 11) is 0. The molecule has 0 amide bonds. The first-order chi connectivity index (χ1) is 8.37. The predicted octanol–water partition coefficient (Wildman–Crippen LogP) is -2.49. The third-order valence-electron chi connectivity index (χ3n) is 2.76. The molecule has 1 fully saturated rings. The van der Waals surface area contributed by atoms with E-state index in [0.29, 0.717) is 0 Å². The lowest BCUT2D eigenvalue weighted by molar-refractivity contribution is -0.176. The molecule has 4 atom stereocenters. The monoisotopic (exact) mass is 262 g/mol. The summed E-state index contributed by atoms with van der Waals surface area (Å²) in [6.07, 6.45) is -4.29. The van der Waals surface area contributed by atoms with Gasteiger partial charge >= 0.3 is 5.69 Å². The Bertz CT molecular complexity index is 552. The molecule has 0 saturated carbocycles. The fraction of sp³-hybridized carbons (Fsp3) is 0.556. The number of alkyl halides is 1. The van der Waals surface area contributed by atoms with Gasteiger partial charge in [0.05, 0.1) is 12.2 Å². The molecule has 18 heavy (non-hydrogen) atoms. The lowest BCUT2D eigenvalue weighted by Crippen LogP contribution is -2.43. The molecule has 1 aromatic rings. The number of H-pyrrole nitrogens is 2. The van der Waals surface area contributed by atoms with E-state index in [1.54, 1.807) is 0 Å². The molecule has 100 valence electrons. The normalized spacial score (nSPS) is 35.9. The second kappa shape index (κ2) is 4.28. The Kier molecular flexibility index (Phi) is 3.07. The number of aromatic nitrogens is 2. The van der Waals surface area contributed by atoms with Gasteiger partial charge in [0.2, 0.25) is 0 Å². The van der Waals surface area contributed by atoms with Crippen LogP contribution in [0.5, 0.6) is 0 Å². The van der Waals surface area contributed by atoms with Crippen LogP contribution in [0.4, 0.5) is 4.39 Å². The van der Waals surface area contributed by atoms with Crippen molar-refractivity contribution < 1.29 is 24.4 Å². The van der Waals surface area contributed by atoms with Crippen molar-refractivity contribution >= 4 is 0 Å². The largest absolute Gasteiger partial charge is 0.394 e. The molecule has 1 aliphatic heterocycles. The highest BCUT2D eigenvalue weighted by atomic mass is 19.2. The number of rotatable bonds is 2. The maximum atomic E-state index is 13.9. The Balaban J connectivity index is 2.45. The van der Waals surface area contributed by atoms with E-state index in [9.17, 15) is 24.2 Å². The molecule has 2 rings (SSSR count). The molecule has 0 bridgehead atoms. The van der Waals surface area contributed by atoms with Gasteiger partial charge in [-0.2, -0.15) is 0 Å². The lowest BCUT2D eigenvalue weighted by Gasteiger charge is -2.21. The molecule has 8 nitrogen and oxygen atoms in total. The first-order valence-electron chi connectivity index (χ1n) is 5.05. The number of hydrogen-bond donors (Lipinski definition) is 5. The van der Waals surface area contributed by atoms with Gasteiger partial charge in [-0.15, -0.1) is 0 Å². The van der Waals surface area contributed by atoms with Crippen LogP contribution < -0.4 is 11.2 Å². The Morgan fingerprint density at radius 2 is 2.17 bits per heavy atom. The number of halogens is 1. The van der Waals surface area contributed by atoms with Crippen LogP contribution in [0.25, 0.3) is 0 Å². The number of aromatic amines is 2. The fourth-order valence-corrected chi connectivity index (χ4v) is 1.81. The van der Waals surface area contributed by atoms with Gasteiger partial charge in [-0.1, -0.05) is 0 Å². The highest BCUT2D eigenvalue weighted by Gasteiger charge is 2.57. The van der Waals surface area contributed by atoms with Crippen molar-refractivity contribution in [1.82, 2.24) is 9.97 Å². The van der Waals surface area contributed by atoms with Crippen LogP contribution in [0, 0.1) is 0 Å².